The summed E-state index contributed by atoms with van der Waals surface area (Å²) < 4.78 is 5.13. The van der Waals surface area contributed by atoms with E-state index in [2.05, 4.69) is 21.2 Å². The molecule has 1 heterocycles. The van der Waals surface area contributed by atoms with Crippen LogP contribution in [0, 0.1) is 0 Å². The van der Waals surface area contributed by atoms with Gasteiger partial charge in [-0.15, -0.1) is 0 Å². The lowest BCUT2D eigenvalue weighted by molar-refractivity contribution is -0.125. The van der Waals surface area contributed by atoms with Gasteiger partial charge >= 0.3 is 0 Å². The van der Waals surface area contributed by atoms with E-state index in [1.165, 1.54) is 12.3 Å². The molecule has 1 aromatic rings. The average Bonchev–Trinajstić information content (AvgIpc) is 2.60. The van der Waals surface area contributed by atoms with Crippen LogP contribution in [0.2, 0.25) is 0 Å². The number of nitrogens with one attached hydrogen (secondary N) is 1. The van der Waals surface area contributed by atoms with Gasteiger partial charge in [0, 0.05) is 0 Å². The normalized spacial score (nSPS) is 12.1. The Morgan fingerprint density at radius 2 is 2.33 bits per heavy atom. The predicted octanol–water partition coefficient (Wildman–Crippen LogP) is -0.382. The van der Waals surface area contributed by atoms with Gasteiger partial charge in [0.1, 0.15) is 6.10 Å². The van der Waals surface area contributed by atoms with Crippen molar-refractivity contribution in [3.05, 3.63) is 22.6 Å². The second-order valence-corrected chi connectivity index (χ2v) is 3.46. The number of nitrogens with two attached hydrogens (primary N) is 1. The minimum Gasteiger partial charge on any atom is -0.457 e. The van der Waals surface area contributed by atoms with Crippen LogP contribution < -0.4 is 11.1 Å². The van der Waals surface area contributed by atoms with Crippen molar-refractivity contribution in [2.75, 3.05) is 6.54 Å². The first-order valence-corrected chi connectivity index (χ1v) is 4.80. The van der Waals surface area contributed by atoms with Crippen LogP contribution in [-0.4, -0.2) is 29.6 Å². The number of primary amides is 1. The fourth-order valence-corrected chi connectivity index (χ4v) is 1.26. The van der Waals surface area contributed by atoms with Crippen LogP contribution in [0.4, 0.5) is 0 Å². The van der Waals surface area contributed by atoms with Crippen molar-refractivity contribution >= 4 is 27.7 Å². The summed E-state index contributed by atoms with van der Waals surface area (Å²) in [4.78, 5) is 21.8. The van der Waals surface area contributed by atoms with Crippen LogP contribution >= 0.6 is 15.9 Å². The van der Waals surface area contributed by atoms with Gasteiger partial charge in [0.2, 0.25) is 5.91 Å². The molecule has 0 radical (unpaired) electrons. The molecule has 1 aromatic heterocycles. The zero-order valence-corrected chi connectivity index (χ0v) is 9.15. The van der Waals surface area contributed by atoms with Gasteiger partial charge in [-0.05, 0) is 22.0 Å². The molecule has 4 N–H and O–H groups in total. The maximum absolute atomic E-state index is 11.4. The fourth-order valence-electron chi connectivity index (χ4n) is 0.841. The molecule has 0 aliphatic rings. The molecule has 7 heteroatoms. The Balaban J connectivity index is 2.51. The molecule has 0 saturated heterocycles. The lowest BCUT2D eigenvalue weighted by Gasteiger charge is -2.07. The van der Waals surface area contributed by atoms with Crippen molar-refractivity contribution in [1.82, 2.24) is 5.32 Å². The standard InChI is InChI=1S/C8H9BrN2O4/c9-6-4(1-2-15-6)8(14)11-3-5(12)7(10)13/h1-2,5,12H,3H2,(H2,10,13)(H,11,14). The second-order valence-electron chi connectivity index (χ2n) is 2.74. The molecule has 0 aliphatic heterocycles. The van der Waals surface area contributed by atoms with Crippen LogP contribution in [0.1, 0.15) is 10.4 Å². The molecule has 6 nitrogen and oxygen atoms in total. The van der Waals surface area contributed by atoms with E-state index in [1.807, 2.05) is 0 Å². The predicted molar refractivity (Wildman–Crippen MR) is 53.9 cm³/mol. The number of hydrogen-bond acceptors (Lipinski definition) is 4. The van der Waals surface area contributed by atoms with E-state index in [4.69, 9.17) is 15.3 Å². The number of furan rings is 1. The van der Waals surface area contributed by atoms with Gasteiger partial charge in [-0.25, -0.2) is 0 Å². The first-order chi connectivity index (χ1) is 7.02. The summed E-state index contributed by atoms with van der Waals surface area (Å²) in [6.45, 7) is -0.230. The molecule has 1 rings (SSSR count). The maximum atomic E-state index is 11.4. The van der Waals surface area contributed by atoms with Crippen LogP contribution in [-0.2, 0) is 4.79 Å². The molecule has 0 saturated carbocycles. The highest BCUT2D eigenvalue weighted by Gasteiger charge is 2.16. The molecule has 15 heavy (non-hydrogen) atoms. The number of aliphatic hydroxyl groups excluding tert-OH is 1. The van der Waals surface area contributed by atoms with Gasteiger partial charge in [-0.3, -0.25) is 9.59 Å². The summed E-state index contributed by atoms with van der Waals surface area (Å²) in [5.41, 5.74) is 5.09. The van der Waals surface area contributed by atoms with Crippen molar-refractivity contribution in [3.63, 3.8) is 0 Å². The van der Waals surface area contributed by atoms with E-state index in [1.54, 1.807) is 0 Å². The molecule has 0 aromatic carbocycles. The van der Waals surface area contributed by atoms with Crippen molar-refractivity contribution in [3.8, 4) is 0 Å². The van der Waals surface area contributed by atoms with E-state index in [9.17, 15) is 9.59 Å². The van der Waals surface area contributed by atoms with E-state index in [0.717, 1.165) is 0 Å². The van der Waals surface area contributed by atoms with Crippen molar-refractivity contribution < 1.29 is 19.1 Å². The van der Waals surface area contributed by atoms with Gasteiger partial charge < -0.3 is 20.6 Å². The Morgan fingerprint density at radius 3 is 2.80 bits per heavy atom. The Morgan fingerprint density at radius 1 is 1.67 bits per heavy atom. The number of hydrogen-bond donors (Lipinski definition) is 3. The third kappa shape index (κ3) is 3.07. The molecule has 0 fully saturated rings. The highest BCUT2D eigenvalue weighted by Crippen LogP contribution is 2.16. The van der Waals surface area contributed by atoms with Crippen LogP contribution in [0.25, 0.3) is 0 Å². The van der Waals surface area contributed by atoms with Crippen molar-refractivity contribution in [1.29, 1.82) is 0 Å². The summed E-state index contributed by atoms with van der Waals surface area (Å²) in [7, 11) is 0. The Hall–Kier alpha value is -1.34. The monoisotopic (exact) mass is 276 g/mol. The SMILES string of the molecule is NC(=O)C(O)CNC(=O)c1ccoc1Br. The fraction of sp³-hybridized carbons (Fsp3) is 0.250. The summed E-state index contributed by atoms with van der Waals surface area (Å²) >= 11 is 3.02. The Labute approximate surface area is 93.6 Å². The topological polar surface area (TPSA) is 106 Å². The Kier molecular flexibility index (Phi) is 3.87. The lowest BCUT2D eigenvalue weighted by atomic mass is 10.3. The molecule has 1 atom stereocenters. The van der Waals surface area contributed by atoms with Gasteiger partial charge in [0.15, 0.2) is 4.67 Å². The largest absolute Gasteiger partial charge is 0.457 e. The van der Waals surface area contributed by atoms with Gasteiger partial charge in [0.25, 0.3) is 5.91 Å². The molecule has 2 amide bonds. The van der Waals surface area contributed by atoms with Gasteiger partial charge in [-0.1, -0.05) is 0 Å². The van der Waals surface area contributed by atoms with Gasteiger partial charge in [-0.2, -0.15) is 0 Å². The molecular formula is C8H9BrN2O4. The highest BCUT2D eigenvalue weighted by molar-refractivity contribution is 9.10. The molecule has 0 spiro atoms. The first kappa shape index (κ1) is 11.7. The average molecular weight is 277 g/mol. The minimum absolute atomic E-state index is 0.230. The summed E-state index contributed by atoms with van der Waals surface area (Å²) in [5, 5.41) is 11.3. The number of carbonyl (C=O) groups is 2. The molecule has 0 aliphatic carbocycles. The maximum Gasteiger partial charge on any atom is 0.255 e. The van der Waals surface area contributed by atoms with Crippen LogP contribution in [0.15, 0.2) is 21.4 Å². The highest BCUT2D eigenvalue weighted by atomic mass is 79.9. The number of carbonyl (C=O) groups excluding carboxylic acids is 2. The molecule has 0 bridgehead atoms. The zero-order chi connectivity index (χ0) is 11.4. The van der Waals surface area contributed by atoms with Crippen molar-refractivity contribution in [2.45, 2.75) is 6.10 Å². The summed E-state index contributed by atoms with van der Waals surface area (Å²) in [5.74, 6) is -1.35. The number of rotatable bonds is 4. The molecular weight excluding hydrogens is 268 g/mol. The third-order valence-corrected chi connectivity index (χ3v) is 2.26. The number of aliphatic hydroxyl groups is 1. The number of amides is 2. The van der Waals surface area contributed by atoms with Crippen LogP contribution in [0.5, 0.6) is 0 Å². The third-order valence-electron chi connectivity index (χ3n) is 1.65. The van der Waals surface area contributed by atoms with E-state index in [-0.39, 0.29) is 16.8 Å². The van der Waals surface area contributed by atoms with Gasteiger partial charge in [0.05, 0.1) is 18.4 Å². The zero-order valence-electron chi connectivity index (χ0n) is 7.57. The summed E-state index contributed by atoms with van der Waals surface area (Å²) in [6.07, 6.45) is -0.0524. The van der Waals surface area contributed by atoms with Crippen LogP contribution in [0.3, 0.4) is 0 Å². The smallest absolute Gasteiger partial charge is 0.255 e. The quantitative estimate of drug-likeness (QED) is 0.697. The van der Waals surface area contributed by atoms with E-state index < -0.39 is 17.9 Å². The second kappa shape index (κ2) is 4.94. The Bertz CT molecular complexity index is 376. The lowest BCUT2D eigenvalue weighted by Crippen LogP contribution is -2.39. The van der Waals surface area contributed by atoms with E-state index in [0.29, 0.717) is 0 Å². The molecule has 82 valence electrons. The molecule has 1 unspecified atom stereocenters. The summed E-state index contributed by atoms with van der Waals surface area (Å²) in [6, 6.07) is 1.45. The number of halogens is 1. The minimum atomic E-state index is -1.39. The van der Waals surface area contributed by atoms with Crippen molar-refractivity contribution in [2.24, 2.45) is 5.73 Å². The van der Waals surface area contributed by atoms with E-state index >= 15 is 0 Å². The first-order valence-electron chi connectivity index (χ1n) is 4.01.